The number of para-hydroxylation sites is 1. The third-order valence-electron chi connectivity index (χ3n) is 4.39. The molecule has 2 aromatic carbocycles. The molecule has 1 aliphatic rings. The molecule has 144 valence electrons. The number of carbonyl (C=O) groups excluding carboxylic acids is 2. The average molecular weight is 377 g/mol. The molecule has 0 fully saturated rings. The Bertz CT molecular complexity index is 851. The summed E-state index contributed by atoms with van der Waals surface area (Å²) in [5, 5.41) is 0. The van der Waals surface area contributed by atoms with Gasteiger partial charge in [0, 0.05) is 18.1 Å². The second-order valence-corrected chi connectivity index (χ2v) is 6.20. The van der Waals surface area contributed by atoms with Gasteiger partial charge in [0.05, 0.1) is 30.3 Å². The van der Waals surface area contributed by atoms with Crippen molar-refractivity contribution >= 4 is 17.6 Å². The number of esters is 2. The van der Waals surface area contributed by atoms with Crippen LogP contribution in [0.5, 0.6) is 0 Å². The molecule has 0 unspecified atom stereocenters. The molecule has 2 aromatic rings. The van der Waals surface area contributed by atoms with Gasteiger partial charge < -0.3 is 14.4 Å². The molecule has 28 heavy (non-hydrogen) atoms. The van der Waals surface area contributed by atoms with E-state index >= 15 is 0 Å². The van der Waals surface area contributed by atoms with Gasteiger partial charge in [-0.05, 0) is 31.5 Å². The minimum atomic E-state index is -0.556. The fourth-order valence-electron chi connectivity index (χ4n) is 3.18. The lowest BCUT2D eigenvalue weighted by Gasteiger charge is -2.30. The number of hydrogen-bond acceptors (Lipinski definition) is 5. The van der Waals surface area contributed by atoms with Gasteiger partial charge in [0.15, 0.2) is 0 Å². The number of ether oxygens (including phenoxy) is 2. The van der Waals surface area contributed by atoms with Crippen LogP contribution in [0.3, 0.4) is 0 Å². The standard InChI is InChI=1S/C23H23NO4/c1-3-27-22(25)19-15-24(18-13-9-6-10-14-18)16-20(23(26)28-4-2)21(19)17-11-7-5-8-12-17/h5-16,21H,3-4H2,1-2H3. The molecule has 1 aliphatic heterocycles. The first-order valence-corrected chi connectivity index (χ1v) is 9.31. The first-order valence-electron chi connectivity index (χ1n) is 9.31. The number of anilines is 1. The van der Waals surface area contributed by atoms with Crippen LogP contribution >= 0.6 is 0 Å². The Hall–Kier alpha value is -3.34. The molecule has 1 heterocycles. The van der Waals surface area contributed by atoms with E-state index in [9.17, 15) is 9.59 Å². The van der Waals surface area contributed by atoms with Crippen molar-refractivity contribution in [3.63, 3.8) is 0 Å². The monoisotopic (exact) mass is 377 g/mol. The zero-order valence-electron chi connectivity index (χ0n) is 16.0. The molecule has 0 amide bonds. The minimum Gasteiger partial charge on any atom is -0.463 e. The van der Waals surface area contributed by atoms with E-state index in [4.69, 9.17) is 9.47 Å². The zero-order chi connectivity index (χ0) is 19.9. The van der Waals surface area contributed by atoms with Crippen LogP contribution in [0.4, 0.5) is 5.69 Å². The average Bonchev–Trinajstić information content (AvgIpc) is 2.74. The van der Waals surface area contributed by atoms with Gasteiger partial charge in [-0.2, -0.15) is 0 Å². The summed E-state index contributed by atoms with van der Waals surface area (Å²) in [6.45, 7) is 4.02. The van der Waals surface area contributed by atoms with E-state index in [0.29, 0.717) is 11.1 Å². The summed E-state index contributed by atoms with van der Waals surface area (Å²) < 4.78 is 10.6. The molecule has 0 spiro atoms. The maximum Gasteiger partial charge on any atom is 0.336 e. The highest BCUT2D eigenvalue weighted by Crippen LogP contribution is 2.38. The largest absolute Gasteiger partial charge is 0.463 e. The maximum atomic E-state index is 12.8. The highest BCUT2D eigenvalue weighted by atomic mass is 16.5. The van der Waals surface area contributed by atoms with Crippen molar-refractivity contribution in [1.82, 2.24) is 0 Å². The maximum absolute atomic E-state index is 12.8. The molecule has 0 atom stereocenters. The Kier molecular flexibility index (Phi) is 6.27. The minimum absolute atomic E-state index is 0.251. The van der Waals surface area contributed by atoms with Gasteiger partial charge in [-0.15, -0.1) is 0 Å². The summed E-state index contributed by atoms with van der Waals surface area (Å²) in [6, 6.07) is 18.9. The lowest BCUT2D eigenvalue weighted by atomic mass is 9.83. The Balaban J connectivity index is 2.14. The van der Waals surface area contributed by atoms with E-state index in [-0.39, 0.29) is 13.2 Å². The van der Waals surface area contributed by atoms with Crippen LogP contribution < -0.4 is 4.90 Å². The van der Waals surface area contributed by atoms with E-state index in [1.54, 1.807) is 31.1 Å². The molecule has 3 rings (SSSR count). The molecule has 0 radical (unpaired) electrons. The molecule has 0 saturated carbocycles. The third kappa shape index (κ3) is 4.14. The van der Waals surface area contributed by atoms with Crippen molar-refractivity contribution in [2.75, 3.05) is 18.1 Å². The van der Waals surface area contributed by atoms with Gasteiger partial charge in [-0.1, -0.05) is 48.5 Å². The van der Waals surface area contributed by atoms with Crippen LogP contribution in [-0.2, 0) is 19.1 Å². The Morgan fingerprint density at radius 2 is 1.25 bits per heavy atom. The molecular formula is C23H23NO4. The van der Waals surface area contributed by atoms with E-state index in [1.807, 2.05) is 60.7 Å². The van der Waals surface area contributed by atoms with Crippen molar-refractivity contribution in [2.45, 2.75) is 19.8 Å². The second-order valence-electron chi connectivity index (χ2n) is 6.20. The van der Waals surface area contributed by atoms with Crippen molar-refractivity contribution in [2.24, 2.45) is 0 Å². The van der Waals surface area contributed by atoms with Crippen molar-refractivity contribution in [3.8, 4) is 0 Å². The summed E-state index contributed by atoms with van der Waals surface area (Å²) in [5.41, 5.74) is 2.44. The lowest BCUT2D eigenvalue weighted by molar-refractivity contribution is -0.139. The summed E-state index contributed by atoms with van der Waals surface area (Å²) in [4.78, 5) is 27.3. The Labute approximate surface area is 164 Å². The molecule has 5 heteroatoms. The number of hydrogen-bond donors (Lipinski definition) is 0. The smallest absolute Gasteiger partial charge is 0.336 e. The quantitative estimate of drug-likeness (QED) is 0.707. The van der Waals surface area contributed by atoms with Crippen molar-refractivity contribution < 1.29 is 19.1 Å². The van der Waals surface area contributed by atoms with E-state index in [0.717, 1.165) is 11.3 Å². The fraction of sp³-hybridized carbons (Fsp3) is 0.217. The van der Waals surface area contributed by atoms with Gasteiger partial charge in [0.1, 0.15) is 0 Å². The fourth-order valence-corrected chi connectivity index (χ4v) is 3.18. The summed E-state index contributed by atoms with van der Waals surface area (Å²) in [6.07, 6.45) is 3.46. The van der Waals surface area contributed by atoms with Crippen molar-refractivity contribution in [3.05, 3.63) is 89.8 Å². The van der Waals surface area contributed by atoms with Crippen molar-refractivity contribution in [1.29, 1.82) is 0 Å². The molecule has 0 aromatic heterocycles. The Morgan fingerprint density at radius 3 is 1.71 bits per heavy atom. The third-order valence-corrected chi connectivity index (χ3v) is 4.39. The molecule has 0 aliphatic carbocycles. The van der Waals surface area contributed by atoms with Gasteiger partial charge >= 0.3 is 11.9 Å². The Morgan fingerprint density at radius 1 is 0.786 bits per heavy atom. The van der Waals surface area contributed by atoms with Crippen LogP contribution in [0.2, 0.25) is 0 Å². The van der Waals surface area contributed by atoms with E-state index in [2.05, 4.69) is 0 Å². The lowest BCUT2D eigenvalue weighted by Crippen LogP contribution is -2.29. The molecule has 0 bridgehead atoms. The van der Waals surface area contributed by atoms with Gasteiger partial charge in [0.2, 0.25) is 0 Å². The van der Waals surface area contributed by atoms with Crippen LogP contribution in [0, 0.1) is 0 Å². The van der Waals surface area contributed by atoms with Crippen LogP contribution in [0.1, 0.15) is 25.3 Å². The first-order chi connectivity index (χ1) is 13.7. The van der Waals surface area contributed by atoms with Crippen LogP contribution in [0.25, 0.3) is 0 Å². The normalized spacial score (nSPS) is 14.1. The highest BCUT2D eigenvalue weighted by Gasteiger charge is 2.35. The molecule has 0 N–H and O–H groups in total. The number of benzene rings is 2. The predicted molar refractivity (Wildman–Crippen MR) is 108 cm³/mol. The van der Waals surface area contributed by atoms with E-state index < -0.39 is 17.9 Å². The number of carbonyl (C=O) groups is 2. The van der Waals surface area contributed by atoms with Gasteiger partial charge in [-0.3, -0.25) is 0 Å². The second kappa shape index (κ2) is 9.04. The molecular weight excluding hydrogens is 354 g/mol. The SMILES string of the molecule is CCOC(=O)C1=CN(c2ccccc2)C=C(C(=O)OCC)C1c1ccccc1. The van der Waals surface area contributed by atoms with Gasteiger partial charge in [-0.25, -0.2) is 9.59 Å². The first kappa shape index (κ1) is 19.4. The number of nitrogens with zero attached hydrogens (tertiary/aromatic N) is 1. The highest BCUT2D eigenvalue weighted by molar-refractivity contribution is 6.00. The zero-order valence-corrected chi connectivity index (χ0v) is 16.0. The van der Waals surface area contributed by atoms with E-state index in [1.165, 1.54) is 0 Å². The van der Waals surface area contributed by atoms with Crippen LogP contribution in [0.15, 0.2) is 84.2 Å². The summed E-state index contributed by atoms with van der Waals surface area (Å²) in [7, 11) is 0. The summed E-state index contributed by atoms with van der Waals surface area (Å²) >= 11 is 0. The predicted octanol–water partition coefficient (Wildman–Crippen LogP) is 4.18. The molecule has 5 nitrogen and oxygen atoms in total. The van der Waals surface area contributed by atoms with Gasteiger partial charge in [0.25, 0.3) is 0 Å². The topological polar surface area (TPSA) is 55.8 Å². The van der Waals surface area contributed by atoms with Crippen LogP contribution in [-0.4, -0.2) is 25.2 Å². The molecule has 0 saturated heterocycles. The summed E-state index contributed by atoms with van der Waals surface area (Å²) in [5.74, 6) is -1.46. The number of rotatable bonds is 6.